The molecule has 0 atom stereocenters. The number of hydrogen-bond acceptors (Lipinski definition) is 6. The van der Waals surface area contributed by atoms with Crippen molar-refractivity contribution in [3.05, 3.63) is 5.28 Å². The molecule has 1 fully saturated rings. The van der Waals surface area contributed by atoms with Crippen LogP contribution >= 0.6 is 11.6 Å². The van der Waals surface area contributed by atoms with Gasteiger partial charge in [0.25, 0.3) is 0 Å². The van der Waals surface area contributed by atoms with Crippen molar-refractivity contribution in [3.8, 4) is 0 Å². The molecular weight excluding hydrogens is 264 g/mol. The van der Waals surface area contributed by atoms with E-state index in [4.69, 9.17) is 23.1 Å². The van der Waals surface area contributed by atoms with Gasteiger partial charge in [0.15, 0.2) is 0 Å². The Hall–Kier alpha value is -1.14. The third kappa shape index (κ3) is 2.74. The van der Waals surface area contributed by atoms with Gasteiger partial charge in [-0.2, -0.15) is 15.0 Å². The Morgan fingerprint density at radius 1 is 1.11 bits per heavy atom. The minimum absolute atomic E-state index is 0.115. The van der Waals surface area contributed by atoms with E-state index in [1.165, 1.54) is 0 Å². The number of nitrogens with zero attached hydrogens (tertiary/aromatic N) is 4. The van der Waals surface area contributed by atoms with E-state index in [1.807, 2.05) is 0 Å². The van der Waals surface area contributed by atoms with Gasteiger partial charge in [0, 0.05) is 17.1 Å². The molecule has 4 N–H and O–H groups in total. The molecule has 7 heteroatoms. The summed E-state index contributed by atoms with van der Waals surface area (Å²) in [6.45, 7) is 8.51. The van der Waals surface area contributed by atoms with E-state index in [-0.39, 0.29) is 28.4 Å². The minimum atomic E-state index is -0.168. The first kappa shape index (κ1) is 14.3. The number of halogens is 1. The molecule has 0 spiro atoms. The lowest BCUT2D eigenvalue weighted by Crippen LogP contribution is -2.64. The Labute approximate surface area is 118 Å². The number of aromatic nitrogens is 3. The molecule has 0 saturated carbocycles. The molecule has 1 saturated heterocycles. The van der Waals surface area contributed by atoms with Crippen molar-refractivity contribution >= 4 is 23.5 Å². The summed E-state index contributed by atoms with van der Waals surface area (Å²) in [4.78, 5) is 14.4. The van der Waals surface area contributed by atoms with Crippen LogP contribution in [0.15, 0.2) is 0 Å². The maximum absolute atomic E-state index is 6.16. The number of anilines is 2. The second kappa shape index (κ2) is 4.45. The molecule has 106 valence electrons. The molecule has 0 radical (unpaired) electrons. The molecule has 2 rings (SSSR count). The van der Waals surface area contributed by atoms with E-state index in [0.717, 1.165) is 12.8 Å². The molecule has 0 aromatic carbocycles. The Balaban J connectivity index is 2.50. The SMILES string of the molecule is CC1(C)CC(N)CC(C)(C)N1c1nc(N)nc(Cl)n1. The van der Waals surface area contributed by atoms with Crippen LogP contribution in [0.5, 0.6) is 0 Å². The number of hydrogen-bond donors (Lipinski definition) is 2. The molecule has 0 unspecified atom stereocenters. The third-order valence-electron chi connectivity index (χ3n) is 3.55. The van der Waals surface area contributed by atoms with E-state index < -0.39 is 0 Å². The fourth-order valence-corrected chi connectivity index (χ4v) is 3.52. The van der Waals surface area contributed by atoms with Gasteiger partial charge >= 0.3 is 0 Å². The first-order chi connectivity index (χ1) is 8.62. The highest BCUT2D eigenvalue weighted by atomic mass is 35.5. The van der Waals surface area contributed by atoms with Crippen molar-refractivity contribution in [2.45, 2.75) is 57.7 Å². The van der Waals surface area contributed by atoms with Gasteiger partial charge in [0.05, 0.1) is 0 Å². The predicted octanol–water partition coefficient (Wildman–Crippen LogP) is 1.59. The van der Waals surface area contributed by atoms with Crippen LogP contribution in [0.3, 0.4) is 0 Å². The average Bonchev–Trinajstić information content (AvgIpc) is 2.09. The van der Waals surface area contributed by atoms with Crippen LogP contribution < -0.4 is 16.4 Å². The summed E-state index contributed by atoms with van der Waals surface area (Å²) in [6.07, 6.45) is 1.72. The molecule has 6 nitrogen and oxygen atoms in total. The summed E-state index contributed by atoms with van der Waals surface area (Å²) in [5, 5.41) is 0.115. The maximum atomic E-state index is 6.16. The summed E-state index contributed by atoms with van der Waals surface area (Å²) in [5.41, 5.74) is 11.5. The van der Waals surface area contributed by atoms with Gasteiger partial charge in [-0.15, -0.1) is 0 Å². The molecule has 19 heavy (non-hydrogen) atoms. The van der Waals surface area contributed by atoms with E-state index in [0.29, 0.717) is 5.95 Å². The molecule has 1 aromatic heterocycles. The Morgan fingerprint density at radius 2 is 1.63 bits per heavy atom. The van der Waals surface area contributed by atoms with Crippen molar-refractivity contribution in [1.82, 2.24) is 15.0 Å². The second-order valence-corrected chi connectivity index (χ2v) is 6.73. The zero-order valence-corrected chi connectivity index (χ0v) is 12.6. The minimum Gasteiger partial charge on any atom is -0.368 e. The first-order valence-corrected chi connectivity index (χ1v) is 6.73. The van der Waals surface area contributed by atoms with Crippen molar-refractivity contribution in [1.29, 1.82) is 0 Å². The summed E-state index contributed by atoms with van der Waals surface area (Å²) in [6, 6.07) is 0.163. The highest BCUT2D eigenvalue weighted by molar-refractivity contribution is 6.28. The van der Waals surface area contributed by atoms with Crippen LogP contribution in [0.4, 0.5) is 11.9 Å². The Bertz CT molecular complexity index is 449. The molecule has 2 heterocycles. The quantitative estimate of drug-likeness (QED) is 0.813. The topological polar surface area (TPSA) is 94.0 Å². The zero-order valence-electron chi connectivity index (χ0n) is 11.8. The predicted molar refractivity (Wildman–Crippen MR) is 77.1 cm³/mol. The second-order valence-electron chi connectivity index (χ2n) is 6.39. The molecule has 0 bridgehead atoms. The lowest BCUT2D eigenvalue weighted by Gasteiger charge is -2.54. The van der Waals surface area contributed by atoms with Gasteiger partial charge in [0.2, 0.25) is 17.2 Å². The molecular formula is C12H21ClN6. The molecule has 0 aliphatic carbocycles. The zero-order chi connectivity index (χ0) is 14.4. The first-order valence-electron chi connectivity index (χ1n) is 6.35. The fraction of sp³-hybridized carbons (Fsp3) is 0.750. The van der Waals surface area contributed by atoms with Gasteiger partial charge in [-0.25, -0.2) is 0 Å². The van der Waals surface area contributed by atoms with E-state index >= 15 is 0 Å². The van der Waals surface area contributed by atoms with Crippen LogP contribution in [0.25, 0.3) is 0 Å². The summed E-state index contributed by atoms with van der Waals surface area (Å²) in [5.74, 6) is 0.649. The molecule has 1 aromatic rings. The summed E-state index contributed by atoms with van der Waals surface area (Å²) >= 11 is 5.89. The smallest absolute Gasteiger partial charge is 0.232 e. The Kier molecular flexibility index (Phi) is 3.35. The lowest BCUT2D eigenvalue weighted by molar-refractivity contribution is 0.216. The van der Waals surface area contributed by atoms with E-state index in [1.54, 1.807) is 0 Å². The van der Waals surface area contributed by atoms with Crippen LogP contribution in [0.2, 0.25) is 5.28 Å². The highest BCUT2D eigenvalue weighted by Gasteiger charge is 2.45. The lowest BCUT2D eigenvalue weighted by atomic mass is 9.77. The molecule has 1 aliphatic rings. The van der Waals surface area contributed by atoms with E-state index in [2.05, 4.69) is 47.5 Å². The standard InChI is InChI=1S/C12H21ClN6/c1-11(2)5-7(14)6-12(3,4)19(11)10-17-8(13)16-9(15)18-10/h7H,5-6,14H2,1-4H3,(H2,15,16,17,18). The molecule has 0 amide bonds. The van der Waals surface area contributed by atoms with Gasteiger partial charge in [-0.05, 0) is 52.1 Å². The van der Waals surface area contributed by atoms with E-state index in [9.17, 15) is 0 Å². The van der Waals surface area contributed by atoms with Gasteiger partial charge in [-0.1, -0.05) is 0 Å². The fourth-order valence-electron chi connectivity index (χ4n) is 3.35. The van der Waals surface area contributed by atoms with Gasteiger partial charge in [-0.3, -0.25) is 0 Å². The Morgan fingerprint density at radius 3 is 2.11 bits per heavy atom. The van der Waals surface area contributed by atoms with Crippen molar-refractivity contribution in [2.75, 3.05) is 10.6 Å². The van der Waals surface area contributed by atoms with Crippen molar-refractivity contribution < 1.29 is 0 Å². The largest absolute Gasteiger partial charge is 0.368 e. The third-order valence-corrected chi connectivity index (χ3v) is 3.72. The van der Waals surface area contributed by atoms with Gasteiger partial charge in [0.1, 0.15) is 0 Å². The normalized spacial score (nSPS) is 22.5. The van der Waals surface area contributed by atoms with Crippen LogP contribution in [0, 0.1) is 0 Å². The van der Waals surface area contributed by atoms with Crippen LogP contribution in [0.1, 0.15) is 40.5 Å². The number of nitrogens with two attached hydrogens (primary N) is 2. The van der Waals surface area contributed by atoms with Crippen molar-refractivity contribution in [3.63, 3.8) is 0 Å². The monoisotopic (exact) mass is 284 g/mol. The molecule has 1 aliphatic heterocycles. The number of rotatable bonds is 1. The average molecular weight is 285 g/mol. The van der Waals surface area contributed by atoms with Crippen LogP contribution in [-0.4, -0.2) is 32.1 Å². The van der Waals surface area contributed by atoms with Crippen molar-refractivity contribution in [2.24, 2.45) is 5.73 Å². The maximum Gasteiger partial charge on any atom is 0.232 e. The number of nitrogen functional groups attached to an aromatic ring is 1. The van der Waals surface area contributed by atoms with Crippen LogP contribution in [-0.2, 0) is 0 Å². The number of piperidine rings is 1. The summed E-state index contributed by atoms with van der Waals surface area (Å²) < 4.78 is 0. The van der Waals surface area contributed by atoms with Gasteiger partial charge < -0.3 is 16.4 Å². The highest BCUT2D eigenvalue weighted by Crippen LogP contribution is 2.40. The summed E-state index contributed by atoms with van der Waals surface area (Å²) in [7, 11) is 0.